The molecular formula is C16H25NO2. The smallest absolute Gasteiger partial charge is 0.251 e. The molecule has 3 heteroatoms. The largest absolute Gasteiger partial charge is 0.394 e. The van der Waals surface area contributed by atoms with Gasteiger partial charge in [-0.15, -0.1) is 0 Å². The van der Waals surface area contributed by atoms with Crippen molar-refractivity contribution >= 4 is 5.91 Å². The minimum absolute atomic E-state index is 0.0298. The van der Waals surface area contributed by atoms with E-state index in [9.17, 15) is 9.90 Å². The van der Waals surface area contributed by atoms with E-state index in [4.69, 9.17) is 0 Å². The summed E-state index contributed by atoms with van der Waals surface area (Å²) >= 11 is 0. The first-order valence-corrected chi connectivity index (χ1v) is 7.09. The fourth-order valence-corrected chi connectivity index (χ4v) is 1.88. The molecule has 1 aromatic rings. The second-order valence-electron chi connectivity index (χ2n) is 5.31. The van der Waals surface area contributed by atoms with Gasteiger partial charge in [0, 0.05) is 5.56 Å². The number of carbonyl (C=O) groups excluding carboxylic acids is 1. The van der Waals surface area contributed by atoms with Crippen molar-refractivity contribution in [3.63, 3.8) is 0 Å². The average molecular weight is 263 g/mol. The molecular weight excluding hydrogens is 238 g/mol. The van der Waals surface area contributed by atoms with Crippen LogP contribution in [0.5, 0.6) is 0 Å². The van der Waals surface area contributed by atoms with Gasteiger partial charge in [0.2, 0.25) is 0 Å². The van der Waals surface area contributed by atoms with Crippen LogP contribution in [0.2, 0.25) is 0 Å². The van der Waals surface area contributed by atoms with Crippen LogP contribution < -0.4 is 5.32 Å². The van der Waals surface area contributed by atoms with Gasteiger partial charge < -0.3 is 10.4 Å². The number of amides is 1. The SMILES string of the molecule is CCCCc1ccc(C(=O)NC(CO)C(C)C)cc1. The number of hydrogen-bond donors (Lipinski definition) is 2. The van der Waals surface area contributed by atoms with E-state index < -0.39 is 0 Å². The number of unbranched alkanes of at least 4 members (excludes halogenated alkanes) is 1. The molecule has 1 amide bonds. The van der Waals surface area contributed by atoms with E-state index >= 15 is 0 Å². The molecule has 1 aromatic carbocycles. The topological polar surface area (TPSA) is 49.3 Å². The van der Waals surface area contributed by atoms with Gasteiger partial charge in [0.15, 0.2) is 0 Å². The van der Waals surface area contributed by atoms with Gasteiger partial charge >= 0.3 is 0 Å². The summed E-state index contributed by atoms with van der Waals surface area (Å²) in [4.78, 5) is 12.0. The van der Waals surface area contributed by atoms with E-state index in [1.165, 1.54) is 18.4 Å². The molecule has 0 aliphatic carbocycles. The fourth-order valence-electron chi connectivity index (χ4n) is 1.88. The Labute approximate surface area is 116 Å². The van der Waals surface area contributed by atoms with Crippen LogP contribution in [0.15, 0.2) is 24.3 Å². The fraction of sp³-hybridized carbons (Fsp3) is 0.562. The standard InChI is InChI=1S/C16H25NO2/c1-4-5-6-13-7-9-14(10-8-13)16(19)17-15(11-18)12(2)3/h7-10,12,15,18H,4-6,11H2,1-3H3,(H,17,19). The number of aliphatic hydroxyl groups is 1. The summed E-state index contributed by atoms with van der Waals surface area (Å²) in [5.74, 6) is 0.104. The summed E-state index contributed by atoms with van der Waals surface area (Å²) in [5.41, 5.74) is 1.92. The first-order valence-electron chi connectivity index (χ1n) is 7.09. The van der Waals surface area contributed by atoms with Gasteiger partial charge in [-0.2, -0.15) is 0 Å². The summed E-state index contributed by atoms with van der Waals surface area (Å²) in [6.07, 6.45) is 3.41. The highest BCUT2D eigenvalue weighted by molar-refractivity contribution is 5.94. The molecule has 0 aliphatic heterocycles. The molecule has 0 heterocycles. The lowest BCUT2D eigenvalue weighted by Gasteiger charge is -2.19. The van der Waals surface area contributed by atoms with Gasteiger partial charge in [0.1, 0.15) is 0 Å². The predicted molar refractivity (Wildman–Crippen MR) is 78.2 cm³/mol. The first kappa shape index (κ1) is 15.7. The lowest BCUT2D eigenvalue weighted by atomic mass is 10.0. The average Bonchev–Trinajstić information content (AvgIpc) is 2.42. The van der Waals surface area contributed by atoms with Gasteiger partial charge in [-0.25, -0.2) is 0 Å². The molecule has 0 aliphatic rings. The molecule has 0 saturated carbocycles. The molecule has 2 N–H and O–H groups in total. The Kier molecular flexibility index (Phi) is 6.57. The van der Waals surface area contributed by atoms with Crippen molar-refractivity contribution < 1.29 is 9.90 Å². The molecule has 0 aromatic heterocycles. The highest BCUT2D eigenvalue weighted by atomic mass is 16.3. The Balaban J connectivity index is 2.62. The molecule has 106 valence electrons. The van der Waals surface area contributed by atoms with Crippen molar-refractivity contribution in [2.75, 3.05) is 6.61 Å². The third-order valence-corrected chi connectivity index (χ3v) is 3.35. The van der Waals surface area contributed by atoms with Gasteiger partial charge in [0.25, 0.3) is 5.91 Å². The van der Waals surface area contributed by atoms with Crippen molar-refractivity contribution in [1.29, 1.82) is 0 Å². The van der Waals surface area contributed by atoms with Crippen molar-refractivity contribution in [1.82, 2.24) is 5.32 Å². The monoisotopic (exact) mass is 263 g/mol. The number of benzene rings is 1. The van der Waals surface area contributed by atoms with Gasteiger partial charge in [0.05, 0.1) is 12.6 Å². The van der Waals surface area contributed by atoms with Crippen LogP contribution in [0.25, 0.3) is 0 Å². The Morgan fingerprint density at radius 1 is 1.26 bits per heavy atom. The molecule has 19 heavy (non-hydrogen) atoms. The highest BCUT2D eigenvalue weighted by Crippen LogP contribution is 2.09. The molecule has 1 rings (SSSR count). The molecule has 0 radical (unpaired) electrons. The zero-order valence-electron chi connectivity index (χ0n) is 12.1. The highest BCUT2D eigenvalue weighted by Gasteiger charge is 2.15. The number of aryl methyl sites for hydroxylation is 1. The van der Waals surface area contributed by atoms with Crippen LogP contribution in [-0.2, 0) is 6.42 Å². The van der Waals surface area contributed by atoms with E-state index in [0.717, 1.165) is 6.42 Å². The van der Waals surface area contributed by atoms with Crippen molar-refractivity contribution in [2.45, 2.75) is 46.1 Å². The van der Waals surface area contributed by atoms with Gasteiger partial charge in [-0.05, 0) is 36.5 Å². The second kappa shape index (κ2) is 7.95. The Morgan fingerprint density at radius 3 is 2.37 bits per heavy atom. The Hall–Kier alpha value is -1.35. The zero-order valence-corrected chi connectivity index (χ0v) is 12.1. The van der Waals surface area contributed by atoms with Crippen molar-refractivity contribution in [3.05, 3.63) is 35.4 Å². The zero-order chi connectivity index (χ0) is 14.3. The number of rotatable bonds is 7. The maximum absolute atomic E-state index is 12.0. The summed E-state index contributed by atoms with van der Waals surface area (Å²) < 4.78 is 0. The lowest BCUT2D eigenvalue weighted by Crippen LogP contribution is -2.41. The van der Waals surface area contributed by atoms with Crippen molar-refractivity contribution in [2.24, 2.45) is 5.92 Å². The third kappa shape index (κ3) is 5.03. The molecule has 3 nitrogen and oxygen atoms in total. The van der Waals surface area contributed by atoms with Gasteiger partial charge in [-0.3, -0.25) is 4.79 Å². The van der Waals surface area contributed by atoms with Crippen molar-refractivity contribution in [3.8, 4) is 0 Å². The summed E-state index contributed by atoms with van der Waals surface area (Å²) in [5, 5.41) is 12.1. The molecule has 1 atom stereocenters. The molecule has 0 bridgehead atoms. The minimum Gasteiger partial charge on any atom is -0.394 e. The van der Waals surface area contributed by atoms with Crippen LogP contribution in [0, 0.1) is 5.92 Å². The minimum atomic E-state index is -0.188. The maximum Gasteiger partial charge on any atom is 0.251 e. The third-order valence-electron chi connectivity index (χ3n) is 3.35. The predicted octanol–water partition coefficient (Wildman–Crippen LogP) is 2.78. The van der Waals surface area contributed by atoms with Gasteiger partial charge in [-0.1, -0.05) is 39.3 Å². The van der Waals surface area contributed by atoms with Crippen LogP contribution in [-0.4, -0.2) is 23.7 Å². The molecule has 1 unspecified atom stereocenters. The molecule has 0 saturated heterocycles. The second-order valence-corrected chi connectivity index (χ2v) is 5.31. The van der Waals surface area contributed by atoms with E-state index in [0.29, 0.717) is 5.56 Å². The maximum atomic E-state index is 12.0. The van der Waals surface area contributed by atoms with Crippen LogP contribution in [0.1, 0.15) is 49.5 Å². The summed E-state index contributed by atoms with van der Waals surface area (Å²) in [7, 11) is 0. The normalized spacial score (nSPS) is 12.5. The number of aliphatic hydroxyl groups excluding tert-OH is 1. The van der Waals surface area contributed by atoms with Crippen LogP contribution in [0.3, 0.4) is 0 Å². The number of hydrogen-bond acceptors (Lipinski definition) is 2. The molecule has 0 fully saturated rings. The summed E-state index contributed by atoms with van der Waals surface area (Å²) in [6.45, 7) is 6.10. The first-order chi connectivity index (χ1) is 9.08. The van der Waals surface area contributed by atoms with E-state index in [-0.39, 0.29) is 24.5 Å². The van der Waals surface area contributed by atoms with E-state index in [1.807, 2.05) is 38.1 Å². The van der Waals surface area contributed by atoms with Crippen LogP contribution in [0.4, 0.5) is 0 Å². The lowest BCUT2D eigenvalue weighted by molar-refractivity contribution is 0.0897. The Bertz CT molecular complexity index is 384. The summed E-state index contributed by atoms with van der Waals surface area (Å²) in [6, 6.07) is 7.54. The van der Waals surface area contributed by atoms with Crippen LogP contribution >= 0.6 is 0 Å². The van der Waals surface area contributed by atoms with E-state index in [1.54, 1.807) is 0 Å². The number of carbonyl (C=O) groups is 1. The Morgan fingerprint density at radius 2 is 1.89 bits per heavy atom. The number of nitrogens with one attached hydrogen (secondary N) is 1. The van der Waals surface area contributed by atoms with E-state index in [2.05, 4.69) is 12.2 Å². The quantitative estimate of drug-likeness (QED) is 0.794. The molecule has 0 spiro atoms.